The predicted molar refractivity (Wildman–Crippen MR) is 155 cm³/mol. The van der Waals surface area contributed by atoms with Crippen molar-refractivity contribution in [2.45, 2.75) is 32.2 Å². The van der Waals surface area contributed by atoms with E-state index in [2.05, 4.69) is 25.2 Å². The lowest BCUT2D eigenvalue weighted by atomic mass is 10.0. The molecule has 0 radical (unpaired) electrons. The van der Waals surface area contributed by atoms with E-state index >= 15 is 0 Å². The van der Waals surface area contributed by atoms with Crippen molar-refractivity contribution in [1.82, 2.24) is 19.9 Å². The largest absolute Gasteiger partial charge is 0.481 e. The van der Waals surface area contributed by atoms with Crippen LogP contribution < -0.4 is 15.0 Å². The molecule has 2 N–H and O–H groups in total. The number of hydrogen-bond acceptors (Lipinski definition) is 8. The maximum Gasteiger partial charge on any atom is 0.266 e. The number of alkyl halides is 2. The van der Waals surface area contributed by atoms with Gasteiger partial charge >= 0.3 is 0 Å². The summed E-state index contributed by atoms with van der Waals surface area (Å²) >= 11 is 0. The Morgan fingerprint density at radius 3 is 2.44 bits per heavy atom. The van der Waals surface area contributed by atoms with Gasteiger partial charge in [0.2, 0.25) is 5.88 Å². The highest BCUT2D eigenvalue weighted by molar-refractivity contribution is 5.92. The minimum atomic E-state index is -2.92. The summed E-state index contributed by atoms with van der Waals surface area (Å²) in [5.41, 5.74) is 2.73. The smallest absolute Gasteiger partial charge is 0.266 e. The van der Waals surface area contributed by atoms with E-state index in [1.165, 1.54) is 12.1 Å². The molecule has 0 bridgehead atoms. The molecule has 4 rings (SSSR count). The zero-order chi connectivity index (χ0) is 29.7. The minimum Gasteiger partial charge on any atom is -0.481 e. The van der Waals surface area contributed by atoms with Gasteiger partial charge < -0.3 is 25.0 Å². The molecule has 8 nitrogen and oxygen atoms in total. The third-order valence-corrected chi connectivity index (χ3v) is 6.88. The summed E-state index contributed by atoms with van der Waals surface area (Å²) in [7, 11) is 7.54. The van der Waals surface area contributed by atoms with Crippen LogP contribution in [0.3, 0.4) is 0 Å². The van der Waals surface area contributed by atoms with E-state index in [1.54, 1.807) is 20.2 Å². The number of methoxy groups -OCH3 is 1. The average Bonchev–Trinajstić information content (AvgIpc) is 2.95. The number of aliphatic hydroxyl groups excluding tert-OH is 1. The van der Waals surface area contributed by atoms with Crippen LogP contribution in [0, 0.1) is 5.82 Å². The van der Waals surface area contributed by atoms with Crippen molar-refractivity contribution in [2.75, 3.05) is 51.6 Å². The Morgan fingerprint density at radius 2 is 1.76 bits per heavy atom. The van der Waals surface area contributed by atoms with E-state index in [0.29, 0.717) is 28.4 Å². The molecule has 0 saturated carbocycles. The molecule has 0 aliphatic carbocycles. The fraction of sp³-hybridized carbons (Fsp3) is 0.367. The van der Waals surface area contributed by atoms with Crippen LogP contribution in [0.5, 0.6) is 5.88 Å². The molecule has 0 amide bonds. The van der Waals surface area contributed by atoms with E-state index in [-0.39, 0.29) is 18.6 Å². The third kappa shape index (κ3) is 6.86. The number of nitrogens with one attached hydrogen (secondary N) is 1. The number of aromatic nitrogens is 3. The number of ether oxygens (including phenoxy) is 1. The molecule has 218 valence electrons. The van der Waals surface area contributed by atoms with Gasteiger partial charge in [0.05, 0.1) is 42.7 Å². The first-order valence-electron chi connectivity index (χ1n) is 13.3. The Kier molecular flexibility index (Phi) is 9.61. The molecular formula is C30H35F3N6O2. The first-order chi connectivity index (χ1) is 19.6. The molecular weight excluding hydrogens is 533 g/mol. The van der Waals surface area contributed by atoms with E-state index in [0.717, 1.165) is 36.0 Å². The number of fused-ring (bicyclic) bond motifs is 1. The second-order valence-electron chi connectivity index (χ2n) is 10.1. The number of benzene rings is 2. The van der Waals surface area contributed by atoms with Crippen LogP contribution in [0.1, 0.15) is 41.9 Å². The summed E-state index contributed by atoms with van der Waals surface area (Å²) in [5, 5.41) is 13.3. The number of aliphatic hydroxyl groups is 1. The topological polar surface area (TPSA) is 86.6 Å². The van der Waals surface area contributed by atoms with Gasteiger partial charge in [0.25, 0.3) is 6.43 Å². The number of anilines is 3. The van der Waals surface area contributed by atoms with Crippen LogP contribution in [0.4, 0.5) is 30.4 Å². The molecule has 0 aliphatic heterocycles. The van der Waals surface area contributed by atoms with Crippen molar-refractivity contribution in [3.05, 3.63) is 77.0 Å². The molecule has 0 saturated heterocycles. The first-order valence-corrected chi connectivity index (χ1v) is 13.3. The zero-order valence-corrected chi connectivity index (χ0v) is 23.8. The molecule has 0 unspecified atom stereocenters. The summed E-state index contributed by atoms with van der Waals surface area (Å²) in [5.74, 6) is 0.440. The number of rotatable bonds is 12. The van der Waals surface area contributed by atoms with E-state index in [4.69, 9.17) is 4.74 Å². The van der Waals surface area contributed by atoms with Crippen molar-refractivity contribution in [3.8, 4) is 5.88 Å². The predicted octanol–water partition coefficient (Wildman–Crippen LogP) is 5.69. The number of hydrogen-bond donors (Lipinski definition) is 2. The lowest BCUT2D eigenvalue weighted by Crippen LogP contribution is -2.16. The van der Waals surface area contributed by atoms with Gasteiger partial charge in [0, 0.05) is 42.2 Å². The zero-order valence-electron chi connectivity index (χ0n) is 23.8. The van der Waals surface area contributed by atoms with Crippen LogP contribution in [0.25, 0.3) is 10.9 Å². The van der Waals surface area contributed by atoms with Crippen molar-refractivity contribution in [3.63, 3.8) is 0 Å². The van der Waals surface area contributed by atoms with E-state index < -0.39 is 23.8 Å². The summed E-state index contributed by atoms with van der Waals surface area (Å²) in [6, 6.07) is 11.0. The lowest BCUT2D eigenvalue weighted by molar-refractivity contribution is 0.146. The Bertz CT molecular complexity index is 1500. The van der Waals surface area contributed by atoms with Gasteiger partial charge in [-0.15, -0.1) is 0 Å². The monoisotopic (exact) mass is 568 g/mol. The Balaban J connectivity index is 1.73. The highest BCUT2D eigenvalue weighted by atomic mass is 19.3. The quantitative estimate of drug-likeness (QED) is 0.226. The molecule has 1 atom stereocenters. The maximum absolute atomic E-state index is 14.9. The molecule has 41 heavy (non-hydrogen) atoms. The highest BCUT2D eigenvalue weighted by Crippen LogP contribution is 2.34. The standard InChI is InChI=1S/C30H35F3N6O2/c1-18(22-7-6-8-23(27(22)31)28(32)33)35-29-24-16-20(9-10-25(24)36-26(37-29)12-14-40)39(4)21-15-19(11-13-38(2)3)30(41-5)34-17-21/h6-10,15-18,28,40H,11-14H2,1-5H3,(H,35,36,37)/t18-/m1/s1. The van der Waals surface area contributed by atoms with Gasteiger partial charge in [-0.25, -0.2) is 28.1 Å². The summed E-state index contributed by atoms with van der Waals surface area (Å²) in [6.07, 6.45) is -0.196. The van der Waals surface area contributed by atoms with Gasteiger partial charge in [-0.05, 0) is 51.7 Å². The number of pyridine rings is 1. The summed E-state index contributed by atoms with van der Waals surface area (Å²) < 4.78 is 47.0. The third-order valence-electron chi connectivity index (χ3n) is 6.88. The van der Waals surface area contributed by atoms with Crippen LogP contribution >= 0.6 is 0 Å². The van der Waals surface area contributed by atoms with Crippen molar-refractivity contribution < 1.29 is 23.0 Å². The molecule has 11 heteroatoms. The number of halogens is 3. The van der Waals surface area contributed by atoms with Crippen LogP contribution in [0.15, 0.2) is 48.7 Å². The van der Waals surface area contributed by atoms with Gasteiger partial charge in [-0.3, -0.25) is 0 Å². The van der Waals surface area contributed by atoms with E-state index in [9.17, 15) is 18.3 Å². The summed E-state index contributed by atoms with van der Waals surface area (Å²) in [6.45, 7) is 2.37. The average molecular weight is 569 g/mol. The van der Waals surface area contributed by atoms with Crippen molar-refractivity contribution >= 4 is 28.1 Å². The maximum atomic E-state index is 14.9. The molecule has 2 aromatic carbocycles. The Morgan fingerprint density at radius 1 is 1.00 bits per heavy atom. The Labute approximate surface area is 237 Å². The van der Waals surface area contributed by atoms with Gasteiger partial charge in [-0.2, -0.15) is 0 Å². The van der Waals surface area contributed by atoms with Gasteiger partial charge in [0.1, 0.15) is 17.5 Å². The Hall–Kier alpha value is -3.96. The summed E-state index contributed by atoms with van der Waals surface area (Å²) in [4.78, 5) is 17.7. The molecule has 0 spiro atoms. The second-order valence-corrected chi connectivity index (χ2v) is 10.1. The highest BCUT2D eigenvalue weighted by Gasteiger charge is 2.21. The molecule has 0 aliphatic rings. The molecule has 2 aromatic heterocycles. The van der Waals surface area contributed by atoms with E-state index in [1.807, 2.05) is 50.3 Å². The number of likely N-dealkylation sites (N-methyl/N-ethyl adjacent to an activating group) is 1. The normalized spacial score (nSPS) is 12.3. The molecule has 2 heterocycles. The molecule has 0 fully saturated rings. The van der Waals surface area contributed by atoms with Crippen LogP contribution in [0.2, 0.25) is 0 Å². The SMILES string of the molecule is COc1ncc(N(C)c2ccc3nc(CCO)nc(N[C@H](C)c4cccc(C(F)F)c4F)c3c2)cc1CCN(C)C. The fourth-order valence-corrected chi connectivity index (χ4v) is 4.57. The first kappa shape index (κ1) is 30.0. The van der Waals surface area contributed by atoms with Crippen molar-refractivity contribution in [2.24, 2.45) is 0 Å². The van der Waals surface area contributed by atoms with Crippen LogP contribution in [-0.4, -0.2) is 66.4 Å². The fourth-order valence-electron chi connectivity index (χ4n) is 4.57. The minimum absolute atomic E-state index is 0.0982. The van der Waals surface area contributed by atoms with Gasteiger partial charge in [-0.1, -0.05) is 18.2 Å². The lowest BCUT2D eigenvalue weighted by Gasteiger charge is -2.23. The van der Waals surface area contributed by atoms with Crippen molar-refractivity contribution in [1.29, 1.82) is 0 Å². The van der Waals surface area contributed by atoms with Gasteiger partial charge in [0.15, 0.2) is 0 Å². The molecule has 4 aromatic rings. The second kappa shape index (κ2) is 13.1. The number of nitrogens with zero attached hydrogens (tertiary/aromatic N) is 5. The van der Waals surface area contributed by atoms with Crippen LogP contribution in [-0.2, 0) is 12.8 Å².